The van der Waals surface area contributed by atoms with Gasteiger partial charge in [0.25, 0.3) is 5.78 Å². The van der Waals surface area contributed by atoms with E-state index in [0.717, 1.165) is 0 Å². The van der Waals surface area contributed by atoms with Gasteiger partial charge in [-0.2, -0.15) is 0 Å². The molecule has 2 unspecified atom stereocenters. The van der Waals surface area contributed by atoms with Gasteiger partial charge in [-0.25, -0.2) is 4.79 Å². The Morgan fingerprint density at radius 3 is 2.29 bits per heavy atom. The molecule has 0 aromatic carbocycles. The Morgan fingerprint density at radius 2 is 1.93 bits per heavy atom. The lowest BCUT2D eigenvalue weighted by molar-refractivity contribution is -0.155. The molecule has 6 heteroatoms. The van der Waals surface area contributed by atoms with Gasteiger partial charge in [0.1, 0.15) is 0 Å². The number of ketones is 1. The van der Waals surface area contributed by atoms with Crippen molar-refractivity contribution in [2.75, 3.05) is 0 Å². The molecular weight excluding hydrogens is 256 g/mol. The van der Waals surface area contributed by atoms with Crippen LogP contribution in [0, 0.1) is 0 Å². The summed E-state index contributed by atoms with van der Waals surface area (Å²) >= 11 is 2.66. The number of carboxylic acids is 1. The van der Waals surface area contributed by atoms with Crippen molar-refractivity contribution in [2.45, 2.75) is 31.2 Å². The first-order valence-electron chi connectivity index (χ1n) is 4.01. The van der Waals surface area contributed by atoms with Crippen LogP contribution in [0.5, 0.6) is 0 Å². The highest BCUT2D eigenvalue weighted by Gasteiger charge is 2.30. The van der Waals surface area contributed by atoms with E-state index in [2.05, 4.69) is 15.9 Å². The number of carbonyl (C=O) groups is 3. The van der Waals surface area contributed by atoms with Crippen molar-refractivity contribution in [3.63, 3.8) is 0 Å². The van der Waals surface area contributed by atoms with Gasteiger partial charge in [-0.3, -0.25) is 9.59 Å². The molecule has 0 aliphatic carbocycles. The monoisotopic (exact) mass is 266 g/mol. The summed E-state index contributed by atoms with van der Waals surface area (Å²) in [6.07, 6.45) is 0.274. The van der Waals surface area contributed by atoms with E-state index in [1.807, 2.05) is 0 Å². The highest BCUT2D eigenvalue weighted by Crippen LogP contribution is 2.07. The minimum Gasteiger partial charge on any atom is -0.475 e. The highest BCUT2D eigenvalue weighted by molar-refractivity contribution is 9.10. The summed E-state index contributed by atoms with van der Waals surface area (Å²) in [5.41, 5.74) is 0. The number of carbonyl (C=O) groups excluding carboxylic acids is 2. The second-order valence-corrected chi connectivity index (χ2v) is 3.60. The van der Waals surface area contributed by atoms with Gasteiger partial charge in [0.2, 0.25) is 0 Å². The van der Waals surface area contributed by atoms with Crippen LogP contribution in [0.25, 0.3) is 0 Å². The fraction of sp³-hybridized carbons (Fsp3) is 0.625. The predicted molar refractivity (Wildman–Crippen MR) is 51.2 cm³/mol. The summed E-state index contributed by atoms with van der Waals surface area (Å²) in [6.45, 7) is 3.46. The topological polar surface area (TPSA) is 80.7 Å². The normalized spacial score (nSPS) is 14.2. The standard InChI is InChI=1S/C8H11BrO5/c1-3-4(2)14-8(13)5(9)6(10)7(11)12/h4-5H,3H2,1-2H3,(H,11,12). The van der Waals surface area contributed by atoms with Crippen molar-refractivity contribution in [2.24, 2.45) is 0 Å². The zero-order valence-corrected chi connectivity index (χ0v) is 9.41. The van der Waals surface area contributed by atoms with Gasteiger partial charge >= 0.3 is 11.9 Å². The third kappa shape index (κ3) is 3.87. The number of aliphatic carboxylic acids is 1. The van der Waals surface area contributed by atoms with Crippen molar-refractivity contribution < 1.29 is 24.2 Å². The van der Waals surface area contributed by atoms with E-state index < -0.39 is 22.5 Å². The SMILES string of the molecule is CCC(C)OC(=O)C(Br)C(=O)C(=O)O. The Bertz CT molecular complexity index is 250. The van der Waals surface area contributed by atoms with Crippen LogP contribution in [0.1, 0.15) is 20.3 Å². The molecule has 0 spiro atoms. The Kier molecular flexibility index (Phi) is 5.37. The van der Waals surface area contributed by atoms with E-state index in [4.69, 9.17) is 9.84 Å². The summed E-state index contributed by atoms with van der Waals surface area (Å²) in [7, 11) is 0. The molecule has 0 heterocycles. The van der Waals surface area contributed by atoms with Gasteiger partial charge in [0, 0.05) is 0 Å². The molecule has 2 atom stereocenters. The Balaban J connectivity index is 4.26. The number of hydrogen-bond donors (Lipinski definition) is 1. The Labute approximate surface area is 89.6 Å². The molecule has 1 N–H and O–H groups in total. The van der Waals surface area contributed by atoms with Crippen molar-refractivity contribution in [1.82, 2.24) is 0 Å². The number of ether oxygens (including phenoxy) is 1. The molecule has 0 aromatic heterocycles. The van der Waals surface area contributed by atoms with E-state index in [9.17, 15) is 14.4 Å². The number of alkyl halides is 1. The summed E-state index contributed by atoms with van der Waals surface area (Å²) in [4.78, 5) is 30.7. The van der Waals surface area contributed by atoms with E-state index in [0.29, 0.717) is 6.42 Å². The number of hydrogen-bond acceptors (Lipinski definition) is 4. The van der Waals surface area contributed by atoms with E-state index in [-0.39, 0.29) is 6.10 Å². The van der Waals surface area contributed by atoms with Crippen molar-refractivity contribution in [3.05, 3.63) is 0 Å². The van der Waals surface area contributed by atoms with Crippen LogP contribution in [-0.2, 0) is 19.1 Å². The molecule has 5 nitrogen and oxygen atoms in total. The van der Waals surface area contributed by atoms with Gasteiger partial charge in [0.05, 0.1) is 6.10 Å². The minimum absolute atomic E-state index is 0.329. The first-order chi connectivity index (χ1) is 6.40. The molecule has 0 aliphatic rings. The zero-order chi connectivity index (χ0) is 11.3. The molecule has 0 saturated carbocycles. The molecule has 0 saturated heterocycles. The summed E-state index contributed by atoms with van der Waals surface area (Å²) in [5.74, 6) is -3.75. The third-order valence-corrected chi connectivity index (χ3v) is 2.33. The lowest BCUT2D eigenvalue weighted by Gasteiger charge is -2.12. The van der Waals surface area contributed by atoms with E-state index >= 15 is 0 Å². The Hall–Kier alpha value is -0.910. The maximum atomic E-state index is 11.1. The maximum absolute atomic E-state index is 11.1. The van der Waals surface area contributed by atoms with Crippen LogP contribution in [-0.4, -0.2) is 33.8 Å². The Morgan fingerprint density at radius 1 is 1.43 bits per heavy atom. The largest absolute Gasteiger partial charge is 0.475 e. The maximum Gasteiger partial charge on any atom is 0.374 e. The zero-order valence-electron chi connectivity index (χ0n) is 7.82. The molecule has 0 fully saturated rings. The van der Waals surface area contributed by atoms with Crippen molar-refractivity contribution in [3.8, 4) is 0 Å². The van der Waals surface area contributed by atoms with Crippen molar-refractivity contribution in [1.29, 1.82) is 0 Å². The predicted octanol–water partition coefficient (Wildman–Crippen LogP) is 0.745. The average molecular weight is 267 g/mol. The van der Waals surface area contributed by atoms with E-state index in [1.165, 1.54) is 0 Å². The summed E-state index contributed by atoms with van der Waals surface area (Å²) in [6, 6.07) is 0. The van der Waals surface area contributed by atoms with Crippen LogP contribution in [0.2, 0.25) is 0 Å². The van der Waals surface area contributed by atoms with Crippen LogP contribution >= 0.6 is 15.9 Å². The second-order valence-electron chi connectivity index (χ2n) is 2.69. The first-order valence-corrected chi connectivity index (χ1v) is 4.93. The van der Waals surface area contributed by atoms with Crippen LogP contribution in [0.4, 0.5) is 0 Å². The molecule has 80 valence electrons. The van der Waals surface area contributed by atoms with E-state index in [1.54, 1.807) is 13.8 Å². The number of Topliss-reactive ketones (excluding diaryl/α,β-unsaturated/α-hetero) is 1. The quantitative estimate of drug-likeness (QED) is 0.344. The summed E-state index contributed by atoms with van der Waals surface area (Å²) < 4.78 is 4.76. The second kappa shape index (κ2) is 5.74. The fourth-order valence-corrected chi connectivity index (χ4v) is 0.861. The van der Waals surface area contributed by atoms with Gasteiger partial charge in [-0.15, -0.1) is 0 Å². The minimum atomic E-state index is -1.66. The molecule has 0 aromatic rings. The number of esters is 1. The first kappa shape index (κ1) is 13.1. The van der Waals surface area contributed by atoms with Gasteiger partial charge in [0.15, 0.2) is 4.83 Å². The molecule has 14 heavy (non-hydrogen) atoms. The van der Waals surface area contributed by atoms with Crippen LogP contribution < -0.4 is 0 Å². The summed E-state index contributed by atoms with van der Waals surface area (Å²) in [5, 5.41) is 8.31. The molecule has 0 amide bonds. The molecule has 0 rings (SSSR count). The van der Waals surface area contributed by atoms with Gasteiger partial charge in [-0.1, -0.05) is 22.9 Å². The molecule has 0 radical (unpaired) electrons. The molecule has 0 aliphatic heterocycles. The molecule has 0 bridgehead atoms. The lowest BCUT2D eigenvalue weighted by atomic mass is 10.3. The van der Waals surface area contributed by atoms with Crippen molar-refractivity contribution >= 4 is 33.7 Å². The average Bonchev–Trinajstić information content (AvgIpc) is 2.14. The smallest absolute Gasteiger partial charge is 0.374 e. The van der Waals surface area contributed by atoms with Crippen LogP contribution in [0.3, 0.4) is 0 Å². The number of carboxylic acid groups (broad SMARTS) is 1. The fourth-order valence-electron chi connectivity index (χ4n) is 0.557. The van der Waals surface area contributed by atoms with Gasteiger partial charge < -0.3 is 9.84 Å². The molecular formula is C8H11BrO5. The highest BCUT2D eigenvalue weighted by atomic mass is 79.9. The number of rotatable bonds is 5. The van der Waals surface area contributed by atoms with Gasteiger partial charge in [-0.05, 0) is 13.3 Å². The van der Waals surface area contributed by atoms with Crippen LogP contribution in [0.15, 0.2) is 0 Å². The number of halogens is 1. The third-order valence-electron chi connectivity index (χ3n) is 1.54. The lowest BCUT2D eigenvalue weighted by Crippen LogP contribution is -2.33.